The number of rotatable bonds is 14. The predicted octanol–water partition coefficient (Wildman–Crippen LogP) is 3.12. The summed E-state index contributed by atoms with van der Waals surface area (Å²) in [7, 11) is 5.50. The molecule has 0 aliphatic rings. The molecule has 0 saturated heterocycles. The summed E-state index contributed by atoms with van der Waals surface area (Å²) in [5, 5.41) is 6.19. The molecule has 1 amide bonds. The van der Waals surface area contributed by atoms with E-state index >= 15 is 0 Å². The molecule has 24 heavy (non-hydrogen) atoms. The minimum absolute atomic E-state index is 0.0661. The molecular weight excluding hydrogens is 339 g/mol. The van der Waals surface area contributed by atoms with E-state index in [-0.39, 0.29) is 5.91 Å². The Bertz CT molecular complexity index is 371. The zero-order valence-electron chi connectivity index (χ0n) is 15.5. The van der Waals surface area contributed by atoms with E-state index < -0.39 is 0 Å². The molecule has 0 aliphatic heterocycles. The minimum Gasteiger partial charge on any atom is -0.370 e. The third-order valence-electron chi connectivity index (χ3n) is 2.79. The number of amides is 1. The van der Waals surface area contributed by atoms with Gasteiger partial charge in [-0.2, -0.15) is 5.82 Å². The Morgan fingerprint density at radius 1 is 1.21 bits per heavy atom. The van der Waals surface area contributed by atoms with Crippen LogP contribution in [-0.4, -0.2) is 50.6 Å². The van der Waals surface area contributed by atoms with Crippen LogP contribution in [0.25, 0.3) is 0 Å². The molecule has 137 valence electrons. The maximum Gasteiger partial charge on any atom is 0.220 e. The molecule has 4 nitrogen and oxygen atoms in total. The fraction of sp³-hybridized carbons (Fsp3) is 0.824. The van der Waals surface area contributed by atoms with Gasteiger partial charge in [0.25, 0.3) is 0 Å². The number of carbonyl (C=O) groups is 1. The quantitative estimate of drug-likeness (QED) is 0.162. The molecule has 2 N–H and O–H groups in total. The van der Waals surface area contributed by atoms with Crippen molar-refractivity contribution in [1.29, 1.82) is 0 Å². The fourth-order valence-corrected chi connectivity index (χ4v) is 3.16. The van der Waals surface area contributed by atoms with Gasteiger partial charge < -0.3 is 15.4 Å². The summed E-state index contributed by atoms with van der Waals surface area (Å²) in [6, 6.07) is 0.550. The molecule has 0 heterocycles. The van der Waals surface area contributed by atoms with Crippen molar-refractivity contribution in [3.05, 3.63) is 0 Å². The number of ether oxygens (including phenoxy) is 1. The van der Waals surface area contributed by atoms with Crippen molar-refractivity contribution in [2.24, 2.45) is 0 Å². The molecule has 0 aromatic rings. The van der Waals surface area contributed by atoms with Crippen molar-refractivity contribution in [2.45, 2.75) is 58.8 Å². The summed E-state index contributed by atoms with van der Waals surface area (Å²) in [5.74, 6) is 8.18. The van der Waals surface area contributed by atoms with Gasteiger partial charge in [-0.15, -0.1) is 0 Å². The molecular formula is C17H32BN2O2S2. The van der Waals surface area contributed by atoms with Gasteiger partial charge in [-0.1, -0.05) is 61.0 Å². The second-order valence-electron chi connectivity index (χ2n) is 6.04. The maximum atomic E-state index is 11.6. The molecule has 0 atom stereocenters. The first kappa shape index (κ1) is 23.7. The highest BCUT2D eigenvalue weighted by molar-refractivity contribution is 8.76. The van der Waals surface area contributed by atoms with E-state index in [1.165, 1.54) is 0 Å². The van der Waals surface area contributed by atoms with Crippen molar-refractivity contribution in [3.63, 3.8) is 0 Å². The molecule has 0 aromatic carbocycles. The van der Waals surface area contributed by atoms with Gasteiger partial charge in [0.05, 0.1) is 6.54 Å². The summed E-state index contributed by atoms with van der Waals surface area (Å²) in [6.07, 6.45) is 2.32. The van der Waals surface area contributed by atoms with Crippen LogP contribution in [0.3, 0.4) is 0 Å². The van der Waals surface area contributed by atoms with Crippen LogP contribution in [0.1, 0.15) is 47.0 Å². The molecule has 0 aliphatic carbocycles. The summed E-state index contributed by atoms with van der Waals surface area (Å²) in [6.45, 7) is 10.6. The van der Waals surface area contributed by atoms with E-state index in [4.69, 9.17) is 4.74 Å². The molecule has 0 unspecified atom stereocenters. The van der Waals surface area contributed by atoms with E-state index in [1.54, 1.807) is 10.8 Å². The van der Waals surface area contributed by atoms with Crippen LogP contribution >= 0.6 is 21.6 Å². The van der Waals surface area contributed by atoms with Gasteiger partial charge in [0.2, 0.25) is 13.2 Å². The highest BCUT2D eigenvalue weighted by Gasteiger charge is 1.99. The SMILES string of the molecule is CC(C)[B]C#CCNC(=O)CCCCOCSSCCNC(C)C. The van der Waals surface area contributed by atoms with E-state index in [0.717, 1.165) is 25.1 Å². The summed E-state index contributed by atoms with van der Waals surface area (Å²) in [5.41, 5.74) is 0. The molecule has 0 saturated carbocycles. The minimum atomic E-state index is 0.0661. The normalized spacial score (nSPS) is 10.6. The monoisotopic (exact) mass is 371 g/mol. The summed E-state index contributed by atoms with van der Waals surface area (Å²) >= 11 is 0. The Balaban J connectivity index is 3.26. The number of hydrogen-bond donors (Lipinski definition) is 2. The molecule has 0 fully saturated rings. The van der Waals surface area contributed by atoms with Crippen molar-refractivity contribution < 1.29 is 9.53 Å². The highest BCUT2D eigenvalue weighted by Crippen LogP contribution is 2.20. The van der Waals surface area contributed by atoms with Gasteiger partial charge in [-0.25, -0.2) is 0 Å². The lowest BCUT2D eigenvalue weighted by atomic mass is 9.67. The van der Waals surface area contributed by atoms with E-state index in [1.807, 2.05) is 18.1 Å². The second-order valence-corrected chi connectivity index (χ2v) is 8.57. The molecule has 7 heteroatoms. The zero-order valence-corrected chi connectivity index (χ0v) is 17.2. The lowest BCUT2D eigenvalue weighted by Gasteiger charge is -2.07. The van der Waals surface area contributed by atoms with E-state index in [0.29, 0.717) is 37.4 Å². The van der Waals surface area contributed by atoms with Crippen LogP contribution in [0.5, 0.6) is 0 Å². The van der Waals surface area contributed by atoms with Gasteiger partial charge in [-0.05, 0) is 12.8 Å². The number of unbranched alkanes of at least 4 members (excludes halogenated alkanes) is 1. The standard InChI is InChI=1S/C17H32BN2O2S2/c1-15(2)18-9-7-10-20-17(21)8-5-6-12-22-14-24-23-13-11-19-16(3)4/h15-16,19H,5-6,8,10-14H2,1-4H3,(H,20,21). The number of carbonyl (C=O) groups excluding carboxylic acids is 1. The van der Waals surface area contributed by atoms with Crippen LogP contribution in [0.4, 0.5) is 0 Å². The van der Waals surface area contributed by atoms with Crippen LogP contribution in [-0.2, 0) is 9.53 Å². The summed E-state index contributed by atoms with van der Waals surface area (Å²) in [4.78, 5) is 11.6. The molecule has 0 aromatic heterocycles. The Labute approximate surface area is 157 Å². The largest absolute Gasteiger partial charge is 0.370 e. The second kappa shape index (κ2) is 17.5. The average Bonchev–Trinajstić information content (AvgIpc) is 2.51. The Kier molecular flexibility index (Phi) is 17.3. The van der Waals surface area contributed by atoms with Gasteiger partial charge in [0, 0.05) is 31.4 Å². The third-order valence-corrected chi connectivity index (χ3v) is 4.88. The lowest BCUT2D eigenvalue weighted by molar-refractivity contribution is -0.121. The number of nitrogens with one attached hydrogen (secondary N) is 2. The van der Waals surface area contributed by atoms with E-state index in [2.05, 4.69) is 50.1 Å². The van der Waals surface area contributed by atoms with Gasteiger partial charge >= 0.3 is 0 Å². The predicted molar refractivity (Wildman–Crippen MR) is 109 cm³/mol. The van der Waals surface area contributed by atoms with Gasteiger partial charge in [0.1, 0.15) is 5.94 Å². The first-order valence-corrected chi connectivity index (χ1v) is 11.1. The van der Waals surface area contributed by atoms with Crippen molar-refractivity contribution in [1.82, 2.24) is 10.6 Å². The molecule has 0 bridgehead atoms. The Hall–Kier alpha value is -0.285. The molecule has 0 rings (SSSR count). The first-order chi connectivity index (χ1) is 11.5. The maximum absolute atomic E-state index is 11.6. The van der Waals surface area contributed by atoms with Crippen molar-refractivity contribution in [3.8, 4) is 11.7 Å². The molecule has 0 spiro atoms. The highest BCUT2D eigenvalue weighted by atomic mass is 33.1. The number of hydrogen-bond acceptors (Lipinski definition) is 5. The first-order valence-electron chi connectivity index (χ1n) is 8.66. The van der Waals surface area contributed by atoms with Crippen molar-refractivity contribution in [2.75, 3.05) is 31.4 Å². The summed E-state index contributed by atoms with van der Waals surface area (Å²) < 4.78 is 5.54. The van der Waals surface area contributed by atoms with Gasteiger partial charge in [-0.3, -0.25) is 4.79 Å². The topological polar surface area (TPSA) is 50.4 Å². The van der Waals surface area contributed by atoms with Gasteiger partial charge in [0.15, 0.2) is 0 Å². The average molecular weight is 371 g/mol. The Morgan fingerprint density at radius 3 is 2.71 bits per heavy atom. The van der Waals surface area contributed by atoms with Crippen LogP contribution in [0, 0.1) is 11.7 Å². The Morgan fingerprint density at radius 2 is 2.00 bits per heavy atom. The zero-order chi connectivity index (χ0) is 18.0. The van der Waals surface area contributed by atoms with Crippen LogP contribution in [0.2, 0.25) is 5.82 Å². The van der Waals surface area contributed by atoms with Crippen molar-refractivity contribution >= 4 is 34.8 Å². The fourth-order valence-electron chi connectivity index (χ4n) is 1.57. The molecule has 1 radical (unpaired) electrons. The van der Waals surface area contributed by atoms with Crippen LogP contribution in [0.15, 0.2) is 0 Å². The lowest BCUT2D eigenvalue weighted by Crippen LogP contribution is -2.24. The smallest absolute Gasteiger partial charge is 0.220 e. The van der Waals surface area contributed by atoms with E-state index in [9.17, 15) is 4.79 Å². The third kappa shape index (κ3) is 19.8. The van der Waals surface area contributed by atoms with Crippen LogP contribution < -0.4 is 10.6 Å².